The third-order valence-electron chi connectivity index (χ3n) is 4.28. The Morgan fingerprint density at radius 3 is 2.56 bits per heavy atom. The molecule has 0 heterocycles. The molecule has 0 saturated heterocycles. The smallest absolute Gasteiger partial charge is 0.319 e. The largest absolute Gasteiger partial charge is 0.492 e. The van der Waals surface area contributed by atoms with Gasteiger partial charge in [0, 0.05) is 11.3 Å². The number of hydrogen-bond donors (Lipinski definition) is 2. The predicted molar refractivity (Wildman–Crippen MR) is 97.4 cm³/mol. The number of benzene rings is 2. The Hall–Kier alpha value is -2.82. The average Bonchev–Trinajstić information content (AvgIpc) is 3.07. The minimum Gasteiger partial charge on any atom is -0.492 e. The van der Waals surface area contributed by atoms with Gasteiger partial charge in [-0.15, -0.1) is 0 Å². The molecular weight excluding hydrogens is 316 g/mol. The van der Waals surface area contributed by atoms with Crippen molar-refractivity contribution in [2.75, 3.05) is 18.5 Å². The van der Waals surface area contributed by atoms with Gasteiger partial charge in [0.2, 0.25) is 0 Å². The molecule has 1 aliphatic carbocycles. The lowest BCUT2D eigenvalue weighted by molar-refractivity contribution is 0.101. The maximum atomic E-state index is 11.9. The van der Waals surface area contributed by atoms with Gasteiger partial charge in [0.1, 0.15) is 12.4 Å². The molecule has 0 fully saturated rings. The number of urea groups is 1. The Morgan fingerprint density at radius 2 is 1.80 bits per heavy atom. The summed E-state index contributed by atoms with van der Waals surface area (Å²) in [6, 6.07) is 12.7. The molecule has 2 aromatic rings. The zero-order valence-corrected chi connectivity index (χ0v) is 14.3. The predicted octanol–water partition coefficient (Wildman–Crippen LogP) is 3.58. The van der Waals surface area contributed by atoms with Gasteiger partial charge in [0.25, 0.3) is 0 Å². The first-order valence-electron chi connectivity index (χ1n) is 8.52. The number of anilines is 1. The molecule has 0 aliphatic heterocycles. The van der Waals surface area contributed by atoms with E-state index in [1.165, 1.54) is 24.5 Å². The number of hydrogen-bond acceptors (Lipinski definition) is 3. The molecule has 2 amide bonds. The highest BCUT2D eigenvalue weighted by Crippen LogP contribution is 2.25. The number of amides is 2. The summed E-state index contributed by atoms with van der Waals surface area (Å²) in [7, 11) is 0. The van der Waals surface area contributed by atoms with Crippen LogP contribution in [0.4, 0.5) is 10.5 Å². The second-order valence-electron chi connectivity index (χ2n) is 6.15. The highest BCUT2D eigenvalue weighted by Gasteiger charge is 2.11. The monoisotopic (exact) mass is 338 g/mol. The van der Waals surface area contributed by atoms with Crippen molar-refractivity contribution in [2.45, 2.75) is 26.2 Å². The van der Waals surface area contributed by atoms with E-state index in [2.05, 4.69) is 22.8 Å². The Kier molecular flexibility index (Phi) is 5.33. The lowest BCUT2D eigenvalue weighted by Gasteiger charge is -2.10. The summed E-state index contributed by atoms with van der Waals surface area (Å²) in [5, 5.41) is 5.47. The summed E-state index contributed by atoms with van der Waals surface area (Å²) >= 11 is 0. The molecule has 130 valence electrons. The lowest BCUT2D eigenvalue weighted by Crippen LogP contribution is -2.32. The van der Waals surface area contributed by atoms with Crippen LogP contribution in [0, 0.1) is 0 Å². The second-order valence-corrected chi connectivity index (χ2v) is 6.15. The summed E-state index contributed by atoms with van der Waals surface area (Å²) < 4.78 is 5.69. The van der Waals surface area contributed by atoms with Crippen LogP contribution in [0.3, 0.4) is 0 Å². The highest BCUT2D eigenvalue weighted by molar-refractivity contribution is 5.95. The molecule has 0 unspecified atom stereocenters. The standard InChI is InChI=1S/C20H22N2O3/c1-14(23)15-5-8-18(9-6-15)22-20(24)21-11-12-25-19-10-7-16-3-2-4-17(16)13-19/h5-10,13H,2-4,11-12H2,1H3,(H2,21,22,24). The van der Waals surface area contributed by atoms with E-state index >= 15 is 0 Å². The molecule has 0 atom stereocenters. The van der Waals surface area contributed by atoms with Gasteiger partial charge in [-0.05, 0) is 73.7 Å². The number of ketones is 1. The number of carbonyl (C=O) groups is 2. The number of Topliss-reactive ketones (excluding diaryl/α,β-unsaturated/α-hetero) is 1. The topological polar surface area (TPSA) is 67.4 Å². The first-order chi connectivity index (χ1) is 12.1. The van der Waals surface area contributed by atoms with E-state index in [0.717, 1.165) is 18.6 Å². The van der Waals surface area contributed by atoms with Gasteiger partial charge >= 0.3 is 6.03 Å². The van der Waals surface area contributed by atoms with Crippen LogP contribution in [-0.4, -0.2) is 25.0 Å². The first-order valence-corrected chi connectivity index (χ1v) is 8.52. The summed E-state index contributed by atoms with van der Waals surface area (Å²) in [5.41, 5.74) is 4.05. The molecule has 2 aromatic carbocycles. The lowest BCUT2D eigenvalue weighted by atomic mass is 10.1. The van der Waals surface area contributed by atoms with E-state index in [4.69, 9.17) is 4.74 Å². The fraction of sp³-hybridized carbons (Fsp3) is 0.300. The summed E-state index contributed by atoms with van der Waals surface area (Å²) in [6.45, 7) is 2.33. The van der Waals surface area contributed by atoms with Crippen molar-refractivity contribution >= 4 is 17.5 Å². The van der Waals surface area contributed by atoms with Crippen molar-refractivity contribution < 1.29 is 14.3 Å². The van der Waals surface area contributed by atoms with Gasteiger partial charge in [-0.25, -0.2) is 4.79 Å². The van der Waals surface area contributed by atoms with E-state index < -0.39 is 0 Å². The highest BCUT2D eigenvalue weighted by atomic mass is 16.5. The molecule has 1 aliphatic rings. The zero-order chi connectivity index (χ0) is 17.6. The Bertz CT molecular complexity index is 769. The minimum atomic E-state index is -0.298. The molecule has 0 spiro atoms. The van der Waals surface area contributed by atoms with Crippen LogP contribution >= 0.6 is 0 Å². The second kappa shape index (κ2) is 7.83. The van der Waals surface area contributed by atoms with Crippen molar-refractivity contribution in [1.82, 2.24) is 5.32 Å². The number of rotatable bonds is 6. The number of aryl methyl sites for hydroxylation is 2. The van der Waals surface area contributed by atoms with E-state index in [-0.39, 0.29) is 11.8 Å². The number of carbonyl (C=O) groups excluding carboxylic acids is 2. The molecule has 25 heavy (non-hydrogen) atoms. The SMILES string of the molecule is CC(=O)c1ccc(NC(=O)NCCOc2ccc3c(c2)CCC3)cc1. The Labute approximate surface area is 147 Å². The van der Waals surface area contributed by atoms with Crippen LogP contribution in [0.1, 0.15) is 34.8 Å². The van der Waals surface area contributed by atoms with Crippen LogP contribution in [-0.2, 0) is 12.8 Å². The molecule has 0 bridgehead atoms. The van der Waals surface area contributed by atoms with Crippen molar-refractivity contribution in [3.8, 4) is 5.75 Å². The zero-order valence-electron chi connectivity index (χ0n) is 14.3. The van der Waals surface area contributed by atoms with Gasteiger partial charge in [-0.3, -0.25) is 4.79 Å². The molecular formula is C20H22N2O3. The molecule has 0 saturated carbocycles. The maximum Gasteiger partial charge on any atom is 0.319 e. The third kappa shape index (κ3) is 4.59. The van der Waals surface area contributed by atoms with E-state index in [1.54, 1.807) is 24.3 Å². The molecule has 3 rings (SSSR count). The van der Waals surface area contributed by atoms with Gasteiger partial charge in [-0.2, -0.15) is 0 Å². The summed E-state index contributed by atoms with van der Waals surface area (Å²) in [6.07, 6.45) is 3.49. The fourth-order valence-electron chi connectivity index (χ4n) is 2.93. The number of ether oxygens (including phenoxy) is 1. The Morgan fingerprint density at radius 1 is 1.04 bits per heavy atom. The molecule has 2 N–H and O–H groups in total. The van der Waals surface area contributed by atoms with Crippen LogP contribution in [0.25, 0.3) is 0 Å². The number of nitrogens with one attached hydrogen (secondary N) is 2. The molecule has 0 aromatic heterocycles. The van der Waals surface area contributed by atoms with E-state index in [0.29, 0.717) is 24.4 Å². The summed E-state index contributed by atoms with van der Waals surface area (Å²) in [5.74, 6) is 0.849. The quantitative estimate of drug-likeness (QED) is 0.625. The van der Waals surface area contributed by atoms with Crippen molar-refractivity contribution in [3.63, 3.8) is 0 Å². The third-order valence-corrected chi connectivity index (χ3v) is 4.28. The van der Waals surface area contributed by atoms with Gasteiger partial charge in [-0.1, -0.05) is 6.07 Å². The van der Waals surface area contributed by atoms with Gasteiger partial charge in [0.15, 0.2) is 5.78 Å². The summed E-state index contributed by atoms with van der Waals surface area (Å²) in [4.78, 5) is 23.1. The maximum absolute atomic E-state index is 11.9. The van der Waals surface area contributed by atoms with Crippen LogP contribution in [0.2, 0.25) is 0 Å². The fourth-order valence-corrected chi connectivity index (χ4v) is 2.93. The van der Waals surface area contributed by atoms with E-state index in [1.807, 2.05) is 6.07 Å². The number of fused-ring (bicyclic) bond motifs is 1. The van der Waals surface area contributed by atoms with Crippen molar-refractivity contribution in [3.05, 3.63) is 59.2 Å². The van der Waals surface area contributed by atoms with Crippen molar-refractivity contribution in [2.24, 2.45) is 0 Å². The molecule has 0 radical (unpaired) electrons. The minimum absolute atomic E-state index is 0.000273. The van der Waals surface area contributed by atoms with Crippen LogP contribution in [0.15, 0.2) is 42.5 Å². The van der Waals surface area contributed by atoms with Crippen LogP contribution in [0.5, 0.6) is 5.75 Å². The van der Waals surface area contributed by atoms with Gasteiger partial charge in [0.05, 0.1) is 6.54 Å². The van der Waals surface area contributed by atoms with Crippen molar-refractivity contribution in [1.29, 1.82) is 0 Å². The van der Waals surface area contributed by atoms with Crippen LogP contribution < -0.4 is 15.4 Å². The molecule has 5 nitrogen and oxygen atoms in total. The first kappa shape index (κ1) is 17.0. The normalized spacial score (nSPS) is 12.4. The average molecular weight is 338 g/mol. The van der Waals surface area contributed by atoms with Gasteiger partial charge < -0.3 is 15.4 Å². The van der Waals surface area contributed by atoms with E-state index in [9.17, 15) is 9.59 Å². The molecule has 5 heteroatoms. The Balaban J connectivity index is 1.40.